The van der Waals surface area contributed by atoms with E-state index in [4.69, 9.17) is 9.47 Å². The van der Waals surface area contributed by atoms with E-state index in [9.17, 15) is 4.79 Å². The molecule has 10 nitrogen and oxygen atoms in total. The van der Waals surface area contributed by atoms with Crippen LogP contribution in [0.5, 0.6) is 5.88 Å². The quantitative estimate of drug-likeness (QED) is 0.360. The van der Waals surface area contributed by atoms with Gasteiger partial charge in [0.1, 0.15) is 5.69 Å². The molecule has 1 aliphatic heterocycles. The Morgan fingerprint density at radius 3 is 2.94 bits per heavy atom. The molecule has 12 heteroatoms. The van der Waals surface area contributed by atoms with Crippen LogP contribution < -0.4 is 14.8 Å². The van der Waals surface area contributed by atoms with E-state index in [0.717, 1.165) is 29.3 Å². The highest BCUT2D eigenvalue weighted by atomic mass is 32.2. The molecule has 5 rings (SSSR count). The normalized spacial score (nSPS) is 16.9. The zero-order valence-corrected chi connectivity index (χ0v) is 21.7. The van der Waals surface area contributed by atoms with Gasteiger partial charge in [-0.3, -0.25) is 19.7 Å². The van der Waals surface area contributed by atoms with E-state index in [2.05, 4.69) is 34.9 Å². The number of pyridine rings is 1. The van der Waals surface area contributed by atoms with Crippen LogP contribution in [0.4, 0.5) is 5.69 Å². The summed E-state index contributed by atoms with van der Waals surface area (Å²) in [4.78, 5) is 33.9. The highest BCUT2D eigenvalue weighted by Crippen LogP contribution is 2.34. The SMILES string of the molecule is CCOc1cncc(-c2cnc(C(=O)NC(CN3CCOCC3)c3cc(NSC4CC4)ccn3)s2)n1. The average Bonchev–Trinajstić information content (AvgIpc) is 3.61. The van der Waals surface area contributed by atoms with Crippen molar-refractivity contribution in [2.45, 2.75) is 31.1 Å². The molecule has 4 heterocycles. The van der Waals surface area contributed by atoms with Crippen molar-refractivity contribution < 1.29 is 14.3 Å². The van der Waals surface area contributed by atoms with Crippen molar-refractivity contribution in [2.24, 2.45) is 0 Å². The number of carbonyl (C=O) groups is 1. The Morgan fingerprint density at radius 1 is 1.28 bits per heavy atom. The van der Waals surface area contributed by atoms with Crippen LogP contribution in [-0.2, 0) is 4.74 Å². The topological polar surface area (TPSA) is 114 Å². The summed E-state index contributed by atoms with van der Waals surface area (Å²) in [6, 6.07) is 3.68. The molecule has 1 unspecified atom stereocenters. The first-order valence-corrected chi connectivity index (χ1v) is 13.8. The number of morpholine rings is 1. The van der Waals surface area contributed by atoms with E-state index in [-0.39, 0.29) is 11.9 Å². The van der Waals surface area contributed by atoms with Crippen molar-refractivity contribution in [3.05, 3.63) is 47.6 Å². The van der Waals surface area contributed by atoms with E-state index >= 15 is 0 Å². The average molecular weight is 528 g/mol. The number of hydrogen-bond acceptors (Lipinski definition) is 11. The number of thiazole rings is 1. The molecule has 0 aromatic carbocycles. The van der Waals surface area contributed by atoms with Crippen molar-refractivity contribution in [1.82, 2.24) is 30.2 Å². The van der Waals surface area contributed by atoms with Crippen molar-refractivity contribution >= 4 is 34.9 Å². The fourth-order valence-electron chi connectivity index (χ4n) is 3.70. The third-order valence-corrected chi connectivity index (χ3v) is 7.89. The Labute approximate surface area is 218 Å². The Hall–Kier alpha value is -2.80. The fourth-order valence-corrected chi connectivity index (χ4v) is 5.27. The number of rotatable bonds is 11. The molecule has 2 aliphatic rings. The molecule has 36 heavy (non-hydrogen) atoms. The molecular formula is C24H29N7O3S2. The van der Waals surface area contributed by atoms with Gasteiger partial charge in [-0.1, -0.05) is 0 Å². The molecule has 0 radical (unpaired) electrons. The molecular weight excluding hydrogens is 498 g/mol. The predicted molar refractivity (Wildman–Crippen MR) is 140 cm³/mol. The largest absolute Gasteiger partial charge is 0.477 e. The second kappa shape index (κ2) is 12.0. The first-order chi connectivity index (χ1) is 17.7. The van der Waals surface area contributed by atoms with Crippen LogP contribution in [0.2, 0.25) is 0 Å². The molecule has 2 fully saturated rings. The van der Waals surface area contributed by atoms with Crippen molar-refractivity contribution in [3.8, 4) is 16.5 Å². The Bertz CT molecular complexity index is 1170. The predicted octanol–water partition coefficient (Wildman–Crippen LogP) is 3.42. The number of amides is 1. The van der Waals surface area contributed by atoms with E-state index in [1.165, 1.54) is 24.2 Å². The van der Waals surface area contributed by atoms with Gasteiger partial charge in [0.25, 0.3) is 5.91 Å². The summed E-state index contributed by atoms with van der Waals surface area (Å²) in [5.41, 5.74) is 2.42. The highest BCUT2D eigenvalue weighted by Gasteiger charge is 2.25. The smallest absolute Gasteiger partial charge is 0.280 e. The molecule has 3 aromatic heterocycles. The summed E-state index contributed by atoms with van der Waals surface area (Å²) in [6.07, 6.45) is 9.15. The van der Waals surface area contributed by atoms with Gasteiger partial charge in [0.2, 0.25) is 5.88 Å². The number of nitrogens with one attached hydrogen (secondary N) is 2. The molecule has 1 saturated heterocycles. The highest BCUT2D eigenvalue weighted by molar-refractivity contribution is 8.01. The number of nitrogens with zero attached hydrogens (tertiary/aromatic N) is 5. The lowest BCUT2D eigenvalue weighted by Gasteiger charge is -2.30. The third-order valence-electron chi connectivity index (χ3n) is 5.71. The van der Waals surface area contributed by atoms with Crippen LogP contribution in [0, 0.1) is 0 Å². The summed E-state index contributed by atoms with van der Waals surface area (Å²) in [5, 5.41) is 4.21. The number of carbonyl (C=O) groups excluding carboxylic acids is 1. The van der Waals surface area contributed by atoms with Crippen LogP contribution >= 0.6 is 23.3 Å². The monoisotopic (exact) mass is 527 g/mol. The minimum atomic E-state index is -0.295. The van der Waals surface area contributed by atoms with Gasteiger partial charge in [-0.15, -0.1) is 11.3 Å². The maximum Gasteiger partial charge on any atom is 0.280 e. The van der Waals surface area contributed by atoms with Crippen molar-refractivity contribution in [1.29, 1.82) is 0 Å². The Morgan fingerprint density at radius 2 is 2.14 bits per heavy atom. The van der Waals surface area contributed by atoms with Gasteiger partial charge >= 0.3 is 0 Å². The molecule has 190 valence electrons. The third kappa shape index (κ3) is 6.69. The van der Waals surface area contributed by atoms with Gasteiger partial charge in [-0.25, -0.2) is 9.97 Å². The maximum absolute atomic E-state index is 13.3. The van der Waals surface area contributed by atoms with Gasteiger partial charge < -0.3 is 19.5 Å². The Kier molecular flexibility index (Phi) is 8.26. The molecule has 3 aromatic rings. The lowest BCUT2D eigenvalue weighted by Crippen LogP contribution is -2.43. The zero-order valence-electron chi connectivity index (χ0n) is 20.1. The fraction of sp³-hybridized carbons (Fsp3) is 0.458. The number of ether oxygens (including phenoxy) is 2. The number of anilines is 1. The van der Waals surface area contributed by atoms with E-state index in [0.29, 0.717) is 48.2 Å². The standard InChI is InChI=1S/C24H29N7O3S2/c1-2-34-22-14-25-12-19(28-22)21-13-27-24(35-21)23(32)29-20(15-31-7-9-33-10-8-31)18-11-16(5-6-26-18)30-36-17-3-4-17/h5-6,11-14,17,20H,2-4,7-10,15H2,1H3,(H,26,30)(H,29,32). The second-order valence-corrected chi connectivity index (χ2v) is 10.7. The van der Waals surface area contributed by atoms with E-state index < -0.39 is 0 Å². The summed E-state index contributed by atoms with van der Waals surface area (Å²) >= 11 is 3.02. The maximum atomic E-state index is 13.3. The number of hydrogen-bond donors (Lipinski definition) is 2. The summed E-state index contributed by atoms with van der Waals surface area (Å²) in [5.74, 6) is 0.199. The minimum absolute atomic E-state index is 0.244. The molecule has 1 atom stereocenters. The molecule has 1 aliphatic carbocycles. The first-order valence-electron chi connectivity index (χ1n) is 12.1. The van der Waals surface area contributed by atoms with Crippen LogP contribution in [0.1, 0.15) is 41.3 Å². The summed E-state index contributed by atoms with van der Waals surface area (Å²) in [6.45, 7) is 6.04. The lowest BCUT2D eigenvalue weighted by molar-refractivity contribution is 0.0330. The molecule has 2 N–H and O–H groups in total. The molecule has 1 amide bonds. The van der Waals surface area contributed by atoms with Crippen LogP contribution in [0.3, 0.4) is 0 Å². The van der Waals surface area contributed by atoms with Gasteiger partial charge in [0.15, 0.2) is 5.01 Å². The molecule has 1 saturated carbocycles. The van der Waals surface area contributed by atoms with Gasteiger partial charge in [0, 0.05) is 43.0 Å². The van der Waals surface area contributed by atoms with Gasteiger partial charge in [-0.05, 0) is 43.8 Å². The zero-order chi connectivity index (χ0) is 24.7. The summed E-state index contributed by atoms with van der Waals surface area (Å²) in [7, 11) is 0. The number of aromatic nitrogens is 4. The molecule has 0 bridgehead atoms. The van der Waals surface area contributed by atoms with Crippen molar-refractivity contribution in [2.75, 3.05) is 44.2 Å². The summed E-state index contributed by atoms with van der Waals surface area (Å²) < 4.78 is 14.4. The van der Waals surface area contributed by atoms with Crippen LogP contribution in [0.15, 0.2) is 36.9 Å². The first kappa shape index (κ1) is 24.9. The van der Waals surface area contributed by atoms with Crippen molar-refractivity contribution in [3.63, 3.8) is 0 Å². The van der Waals surface area contributed by atoms with Crippen LogP contribution in [-0.4, -0.2) is 75.4 Å². The lowest BCUT2D eigenvalue weighted by atomic mass is 10.1. The van der Waals surface area contributed by atoms with Crippen LogP contribution in [0.25, 0.3) is 10.6 Å². The van der Waals surface area contributed by atoms with E-state index in [1.54, 1.807) is 36.7 Å². The van der Waals surface area contributed by atoms with E-state index in [1.807, 2.05) is 19.1 Å². The second-order valence-electron chi connectivity index (χ2n) is 8.53. The Balaban J connectivity index is 1.31. The van der Waals surface area contributed by atoms with Gasteiger partial charge in [0.05, 0.1) is 48.8 Å². The van der Waals surface area contributed by atoms with Gasteiger partial charge in [-0.2, -0.15) is 0 Å². The molecule has 0 spiro atoms. The minimum Gasteiger partial charge on any atom is -0.477 e.